The Kier molecular flexibility index (Phi) is 7.75. The number of benzene rings is 1. The molecule has 3 aliphatic rings. The van der Waals surface area contributed by atoms with Crippen LogP contribution in [0.5, 0.6) is 0 Å². The number of carbonyl (C=O) groups excluding carboxylic acids is 3. The third-order valence-corrected chi connectivity index (χ3v) is 9.71. The number of rotatable bonds is 10. The van der Waals surface area contributed by atoms with E-state index in [1.54, 1.807) is 29.2 Å². The van der Waals surface area contributed by atoms with E-state index in [9.17, 15) is 28.1 Å². The SMILES string of the molecule is CC[C@@H]1C[C@]1(NC(=O)C1C[C@@H](C)CN1C(=O)[C@@H](Nc1cccc(C#N)c1)C(C)C)C(=O)NS(=O)(=O)C1CC1. The smallest absolute Gasteiger partial charge is 0.259 e. The Labute approximate surface area is 224 Å². The Morgan fingerprint density at radius 3 is 2.53 bits per heavy atom. The van der Waals surface area contributed by atoms with Crippen LogP contribution in [0.25, 0.3) is 0 Å². The number of sulfonamides is 1. The molecular weight excluding hydrogens is 506 g/mol. The Morgan fingerprint density at radius 1 is 1.24 bits per heavy atom. The molecule has 10 nitrogen and oxygen atoms in total. The molecule has 0 bridgehead atoms. The molecule has 206 valence electrons. The van der Waals surface area contributed by atoms with Gasteiger partial charge >= 0.3 is 0 Å². The van der Waals surface area contributed by atoms with Gasteiger partial charge in [-0.15, -0.1) is 0 Å². The van der Waals surface area contributed by atoms with Gasteiger partial charge in [-0.1, -0.05) is 40.2 Å². The van der Waals surface area contributed by atoms with Gasteiger partial charge in [-0.25, -0.2) is 8.42 Å². The Hall–Kier alpha value is -3.13. The predicted octanol–water partition coefficient (Wildman–Crippen LogP) is 2.13. The molecule has 1 aromatic carbocycles. The molecule has 2 aliphatic carbocycles. The van der Waals surface area contributed by atoms with Crippen molar-refractivity contribution in [3.63, 3.8) is 0 Å². The minimum absolute atomic E-state index is 0.0747. The van der Waals surface area contributed by atoms with E-state index in [1.807, 2.05) is 27.7 Å². The summed E-state index contributed by atoms with van der Waals surface area (Å²) >= 11 is 0. The van der Waals surface area contributed by atoms with Gasteiger partial charge in [0.25, 0.3) is 5.91 Å². The summed E-state index contributed by atoms with van der Waals surface area (Å²) in [5, 5.41) is 14.8. The molecule has 1 heterocycles. The fraction of sp³-hybridized carbons (Fsp3) is 0.630. The largest absolute Gasteiger partial charge is 0.373 e. The van der Waals surface area contributed by atoms with Gasteiger partial charge in [-0.3, -0.25) is 19.1 Å². The molecular formula is C27H37N5O5S. The average molecular weight is 544 g/mol. The number of likely N-dealkylation sites (tertiary alicyclic amines) is 1. The Balaban J connectivity index is 1.51. The fourth-order valence-corrected chi connectivity index (χ4v) is 6.75. The molecule has 0 aromatic heterocycles. The highest BCUT2D eigenvalue weighted by molar-refractivity contribution is 7.91. The van der Waals surface area contributed by atoms with E-state index in [4.69, 9.17) is 0 Å². The topological polar surface area (TPSA) is 148 Å². The summed E-state index contributed by atoms with van der Waals surface area (Å²) in [6, 6.07) is 7.58. The molecule has 38 heavy (non-hydrogen) atoms. The lowest BCUT2D eigenvalue weighted by Gasteiger charge is -2.32. The van der Waals surface area contributed by atoms with Gasteiger partial charge in [0.1, 0.15) is 17.6 Å². The van der Waals surface area contributed by atoms with Crippen molar-refractivity contribution in [3.05, 3.63) is 29.8 Å². The molecule has 1 aromatic rings. The Bertz CT molecular complexity index is 1250. The third-order valence-electron chi connectivity index (χ3n) is 7.89. The number of nitrogens with zero attached hydrogens (tertiary/aromatic N) is 2. The van der Waals surface area contributed by atoms with Crippen molar-refractivity contribution in [2.24, 2.45) is 17.8 Å². The van der Waals surface area contributed by atoms with Crippen LogP contribution in [0.2, 0.25) is 0 Å². The van der Waals surface area contributed by atoms with Crippen LogP contribution in [-0.4, -0.2) is 60.5 Å². The molecule has 2 saturated carbocycles. The van der Waals surface area contributed by atoms with E-state index in [2.05, 4.69) is 21.4 Å². The summed E-state index contributed by atoms with van der Waals surface area (Å²) in [4.78, 5) is 42.0. The first-order valence-electron chi connectivity index (χ1n) is 13.4. The van der Waals surface area contributed by atoms with Crippen LogP contribution in [0.4, 0.5) is 5.69 Å². The summed E-state index contributed by atoms with van der Waals surface area (Å²) in [5.41, 5.74) is -0.165. The number of hydrogen-bond acceptors (Lipinski definition) is 7. The first kappa shape index (κ1) is 27.9. The van der Waals surface area contributed by atoms with Crippen molar-refractivity contribution in [2.45, 2.75) is 82.7 Å². The Morgan fingerprint density at radius 2 is 1.95 bits per heavy atom. The molecule has 4 rings (SSSR count). The first-order chi connectivity index (χ1) is 17.9. The second-order valence-corrected chi connectivity index (χ2v) is 13.3. The first-order valence-corrected chi connectivity index (χ1v) is 14.9. The number of nitriles is 1. The zero-order chi connectivity index (χ0) is 27.8. The van der Waals surface area contributed by atoms with E-state index >= 15 is 0 Å². The summed E-state index contributed by atoms with van der Waals surface area (Å²) in [7, 11) is -3.75. The van der Waals surface area contributed by atoms with E-state index in [1.165, 1.54) is 0 Å². The monoisotopic (exact) mass is 543 g/mol. The van der Waals surface area contributed by atoms with E-state index in [-0.39, 0.29) is 23.7 Å². The summed E-state index contributed by atoms with van der Waals surface area (Å²) in [5.74, 6) is -1.55. The van der Waals surface area contributed by atoms with Crippen molar-refractivity contribution in [1.82, 2.24) is 14.9 Å². The summed E-state index contributed by atoms with van der Waals surface area (Å²) < 4.78 is 27.0. The van der Waals surface area contributed by atoms with Crippen molar-refractivity contribution < 1.29 is 22.8 Å². The van der Waals surface area contributed by atoms with Crippen LogP contribution < -0.4 is 15.4 Å². The lowest BCUT2D eigenvalue weighted by atomic mass is 10.0. The second-order valence-electron chi connectivity index (χ2n) is 11.4. The number of hydrogen-bond donors (Lipinski definition) is 3. The summed E-state index contributed by atoms with van der Waals surface area (Å²) in [6.07, 6.45) is 2.48. The van der Waals surface area contributed by atoms with Gasteiger partial charge in [-0.2, -0.15) is 5.26 Å². The van der Waals surface area contributed by atoms with Gasteiger partial charge in [0.05, 0.1) is 16.9 Å². The number of amides is 3. The molecule has 5 atom stereocenters. The van der Waals surface area contributed by atoms with E-state index < -0.39 is 44.7 Å². The minimum Gasteiger partial charge on any atom is -0.373 e. The molecule has 3 N–H and O–H groups in total. The van der Waals surface area contributed by atoms with Gasteiger partial charge in [0, 0.05) is 12.2 Å². The number of carbonyl (C=O) groups is 3. The summed E-state index contributed by atoms with van der Waals surface area (Å²) in [6.45, 7) is 8.09. The van der Waals surface area contributed by atoms with Crippen molar-refractivity contribution in [3.8, 4) is 6.07 Å². The van der Waals surface area contributed by atoms with Gasteiger partial charge in [0.2, 0.25) is 21.8 Å². The van der Waals surface area contributed by atoms with Crippen molar-refractivity contribution in [1.29, 1.82) is 5.26 Å². The molecule has 11 heteroatoms. The predicted molar refractivity (Wildman–Crippen MR) is 142 cm³/mol. The van der Waals surface area contributed by atoms with E-state index in [0.29, 0.717) is 49.9 Å². The van der Waals surface area contributed by atoms with Gasteiger partial charge in [-0.05, 0) is 61.6 Å². The van der Waals surface area contributed by atoms with Crippen LogP contribution in [0.3, 0.4) is 0 Å². The maximum Gasteiger partial charge on any atom is 0.259 e. The molecule has 1 unspecified atom stereocenters. The highest BCUT2D eigenvalue weighted by Gasteiger charge is 2.62. The molecule has 3 fully saturated rings. The van der Waals surface area contributed by atoms with Crippen LogP contribution in [0.1, 0.15) is 65.4 Å². The molecule has 0 spiro atoms. The third kappa shape index (κ3) is 5.65. The standard InChI is InChI=1S/C27H37N5O5S/c1-5-19-13-27(19,26(35)31-38(36,37)21-9-10-21)30-24(33)22-11-17(4)15-32(22)25(34)23(16(2)3)29-20-8-6-7-18(12-20)14-28/h6-8,12,16-17,19,21-23,29H,5,9-11,13,15H2,1-4H3,(H,30,33)(H,31,35)/t17-,19-,22?,23+,27-/m1/s1. The molecule has 1 saturated heterocycles. The van der Waals surface area contributed by atoms with Gasteiger partial charge < -0.3 is 15.5 Å². The van der Waals surface area contributed by atoms with Crippen molar-refractivity contribution in [2.75, 3.05) is 11.9 Å². The molecule has 1 aliphatic heterocycles. The van der Waals surface area contributed by atoms with Crippen LogP contribution in [0.15, 0.2) is 24.3 Å². The van der Waals surface area contributed by atoms with Crippen LogP contribution >= 0.6 is 0 Å². The maximum absolute atomic E-state index is 13.8. The normalized spacial score (nSPS) is 27.4. The van der Waals surface area contributed by atoms with E-state index in [0.717, 1.165) is 0 Å². The lowest BCUT2D eigenvalue weighted by Crippen LogP contribution is -2.58. The highest BCUT2D eigenvalue weighted by Crippen LogP contribution is 2.47. The number of nitrogens with one attached hydrogen (secondary N) is 3. The minimum atomic E-state index is -3.75. The second kappa shape index (κ2) is 10.6. The maximum atomic E-state index is 13.8. The number of anilines is 1. The zero-order valence-corrected chi connectivity index (χ0v) is 23.2. The zero-order valence-electron chi connectivity index (χ0n) is 22.4. The van der Waals surface area contributed by atoms with Crippen molar-refractivity contribution >= 4 is 33.4 Å². The molecule has 0 radical (unpaired) electrons. The molecule has 3 amide bonds. The van der Waals surface area contributed by atoms with Crippen LogP contribution in [-0.2, 0) is 24.4 Å². The van der Waals surface area contributed by atoms with Crippen LogP contribution in [0, 0.1) is 29.1 Å². The highest BCUT2D eigenvalue weighted by atomic mass is 32.2. The van der Waals surface area contributed by atoms with Gasteiger partial charge in [0.15, 0.2) is 0 Å². The average Bonchev–Trinajstić information content (AvgIpc) is 3.79. The lowest BCUT2D eigenvalue weighted by molar-refractivity contribution is -0.140. The quantitative estimate of drug-likeness (QED) is 0.409. The fourth-order valence-electron chi connectivity index (χ4n) is 5.38.